The summed E-state index contributed by atoms with van der Waals surface area (Å²) in [5.74, 6) is 0.0296. The second-order valence-corrected chi connectivity index (χ2v) is 13.3. The Morgan fingerprint density at radius 1 is 0.833 bits per heavy atom. The molecule has 2 heterocycles. The summed E-state index contributed by atoms with van der Waals surface area (Å²) in [4.78, 5) is 43.8. The minimum Gasteiger partial charge on any atom is -0.492 e. The standard InChI is InChI=1S/C32H54N4O11S/c1-32(2,48-25-29(39)33-6-13-44-16-18-46-20-19-45-17-15-43-12-4-31(41)42)5-3-30(40)36-9-7-35(8-10-36)11-14-47-28-21-26(23-37)34-27(22-28)24-38/h21-22,37-38H,3-20,23-25H2,1-2H3,(H,33,39)(H,41,42). The molecule has 0 atom stereocenters. The summed E-state index contributed by atoms with van der Waals surface area (Å²) in [6.45, 7) is 10.9. The van der Waals surface area contributed by atoms with Crippen LogP contribution in [0, 0.1) is 0 Å². The number of nitrogens with one attached hydrogen (secondary N) is 1. The van der Waals surface area contributed by atoms with Crippen molar-refractivity contribution in [2.75, 3.05) is 104 Å². The number of thioether (sulfide) groups is 1. The van der Waals surface area contributed by atoms with Crippen LogP contribution in [0.15, 0.2) is 12.1 Å². The maximum absolute atomic E-state index is 12.9. The lowest BCUT2D eigenvalue weighted by atomic mass is 10.1. The molecule has 0 radical (unpaired) electrons. The van der Waals surface area contributed by atoms with E-state index in [-0.39, 0.29) is 42.8 Å². The van der Waals surface area contributed by atoms with Gasteiger partial charge in [0.05, 0.1) is 89.6 Å². The fraction of sp³-hybridized carbons (Fsp3) is 0.750. The van der Waals surface area contributed by atoms with Crippen LogP contribution in [0.1, 0.15) is 44.5 Å². The molecule has 2 amide bonds. The van der Waals surface area contributed by atoms with E-state index in [1.165, 1.54) is 11.8 Å². The molecule has 48 heavy (non-hydrogen) atoms. The van der Waals surface area contributed by atoms with Crippen molar-refractivity contribution >= 4 is 29.5 Å². The van der Waals surface area contributed by atoms with Crippen molar-refractivity contribution in [3.63, 3.8) is 0 Å². The van der Waals surface area contributed by atoms with Gasteiger partial charge in [-0.15, -0.1) is 11.8 Å². The van der Waals surface area contributed by atoms with E-state index in [1.807, 2.05) is 4.90 Å². The van der Waals surface area contributed by atoms with Crippen LogP contribution in [0.25, 0.3) is 0 Å². The van der Waals surface area contributed by atoms with Crippen molar-refractivity contribution < 1.29 is 53.4 Å². The number of carboxylic acid groups (broad SMARTS) is 1. The van der Waals surface area contributed by atoms with Crippen molar-refractivity contribution in [3.05, 3.63) is 23.5 Å². The zero-order valence-electron chi connectivity index (χ0n) is 28.4. The molecule has 15 nitrogen and oxygen atoms in total. The predicted molar refractivity (Wildman–Crippen MR) is 179 cm³/mol. The average molecular weight is 703 g/mol. The van der Waals surface area contributed by atoms with E-state index >= 15 is 0 Å². The molecule has 1 saturated heterocycles. The summed E-state index contributed by atoms with van der Waals surface area (Å²) in [6.07, 6.45) is 1.08. The molecule has 1 fully saturated rings. The largest absolute Gasteiger partial charge is 0.492 e. The van der Waals surface area contributed by atoms with Gasteiger partial charge in [-0.3, -0.25) is 24.3 Å². The van der Waals surface area contributed by atoms with Crippen LogP contribution in [0.2, 0.25) is 0 Å². The highest BCUT2D eigenvalue weighted by molar-refractivity contribution is 8.01. The van der Waals surface area contributed by atoms with Gasteiger partial charge in [0.25, 0.3) is 0 Å². The third-order valence-corrected chi connectivity index (χ3v) is 8.70. The monoisotopic (exact) mass is 702 g/mol. The van der Waals surface area contributed by atoms with Crippen LogP contribution in [-0.4, -0.2) is 157 Å². The number of hydrogen-bond acceptors (Lipinski definition) is 13. The number of pyridine rings is 1. The number of rotatable bonds is 27. The van der Waals surface area contributed by atoms with Gasteiger partial charge in [0, 0.05) is 62.6 Å². The smallest absolute Gasteiger partial charge is 0.305 e. The minimum absolute atomic E-state index is 0.0216. The van der Waals surface area contributed by atoms with Gasteiger partial charge in [0.2, 0.25) is 11.8 Å². The van der Waals surface area contributed by atoms with Gasteiger partial charge in [0.15, 0.2) is 0 Å². The molecule has 1 aliphatic heterocycles. The molecular weight excluding hydrogens is 648 g/mol. The first kappa shape index (κ1) is 41.6. The van der Waals surface area contributed by atoms with Crippen molar-refractivity contribution in [2.45, 2.75) is 51.1 Å². The first-order valence-corrected chi connectivity index (χ1v) is 17.4. The highest BCUT2D eigenvalue weighted by Gasteiger charge is 2.25. The number of ether oxygens (including phenoxy) is 5. The Morgan fingerprint density at radius 3 is 1.96 bits per heavy atom. The van der Waals surface area contributed by atoms with Gasteiger partial charge in [-0.25, -0.2) is 0 Å². The molecule has 0 saturated carbocycles. The summed E-state index contributed by atoms with van der Waals surface area (Å²) >= 11 is 1.53. The fourth-order valence-corrected chi connectivity index (χ4v) is 5.38. The van der Waals surface area contributed by atoms with Crippen LogP contribution in [0.4, 0.5) is 0 Å². The third kappa shape index (κ3) is 19.4. The lowest BCUT2D eigenvalue weighted by Crippen LogP contribution is -2.49. The third-order valence-electron chi connectivity index (χ3n) is 7.31. The van der Waals surface area contributed by atoms with Crippen LogP contribution in [-0.2, 0) is 46.5 Å². The maximum Gasteiger partial charge on any atom is 0.305 e. The van der Waals surface area contributed by atoms with E-state index < -0.39 is 5.97 Å². The van der Waals surface area contributed by atoms with Gasteiger partial charge < -0.3 is 49.2 Å². The van der Waals surface area contributed by atoms with E-state index in [2.05, 4.69) is 29.0 Å². The van der Waals surface area contributed by atoms with E-state index in [9.17, 15) is 24.6 Å². The quantitative estimate of drug-likeness (QED) is 0.0930. The number of piperazine rings is 1. The van der Waals surface area contributed by atoms with Gasteiger partial charge in [-0.2, -0.15) is 0 Å². The minimum atomic E-state index is -0.890. The summed E-state index contributed by atoms with van der Waals surface area (Å²) in [7, 11) is 0. The number of hydrogen-bond donors (Lipinski definition) is 4. The van der Waals surface area contributed by atoms with Crippen LogP contribution >= 0.6 is 11.8 Å². The van der Waals surface area contributed by atoms with Crippen LogP contribution in [0.5, 0.6) is 5.75 Å². The Bertz CT molecular complexity index is 1050. The van der Waals surface area contributed by atoms with Crippen LogP contribution < -0.4 is 10.1 Å². The van der Waals surface area contributed by atoms with Crippen molar-refractivity contribution in [1.29, 1.82) is 0 Å². The number of aliphatic hydroxyl groups excluding tert-OH is 2. The van der Waals surface area contributed by atoms with Gasteiger partial charge in [-0.1, -0.05) is 13.8 Å². The van der Waals surface area contributed by atoms with E-state index in [0.29, 0.717) is 115 Å². The molecule has 0 aliphatic carbocycles. The number of carbonyl (C=O) groups excluding carboxylic acids is 2. The molecule has 0 spiro atoms. The highest BCUT2D eigenvalue weighted by Crippen LogP contribution is 2.29. The summed E-state index contributed by atoms with van der Waals surface area (Å²) in [5, 5.41) is 30.0. The molecule has 4 N–H and O–H groups in total. The van der Waals surface area contributed by atoms with E-state index in [0.717, 1.165) is 13.1 Å². The zero-order chi connectivity index (χ0) is 35.0. The Hall–Kier alpha value is -2.57. The number of carboxylic acids is 1. The molecule has 274 valence electrons. The molecule has 16 heteroatoms. The molecule has 1 aliphatic rings. The molecule has 1 aromatic rings. The summed E-state index contributed by atoms with van der Waals surface area (Å²) in [5.41, 5.74) is 0.900. The average Bonchev–Trinajstić information content (AvgIpc) is 3.08. The highest BCUT2D eigenvalue weighted by atomic mass is 32.2. The normalized spacial score (nSPS) is 13.9. The number of aliphatic carboxylic acids is 1. The Labute approximate surface area is 287 Å². The lowest BCUT2D eigenvalue weighted by Gasteiger charge is -2.35. The topological polar surface area (TPSA) is 189 Å². The SMILES string of the molecule is CC(C)(CCC(=O)N1CCN(CCOc2cc(CO)nc(CO)c2)CC1)SCC(=O)NCCOCCOCCOCCOCCC(=O)O. The first-order valence-electron chi connectivity index (χ1n) is 16.4. The number of aliphatic hydroxyl groups is 2. The van der Waals surface area contributed by atoms with Gasteiger partial charge >= 0.3 is 5.97 Å². The first-order chi connectivity index (χ1) is 23.1. The van der Waals surface area contributed by atoms with E-state index in [1.54, 1.807) is 12.1 Å². The molecule has 0 aromatic carbocycles. The maximum atomic E-state index is 12.9. The Balaban J connectivity index is 1.45. The lowest BCUT2D eigenvalue weighted by molar-refractivity contribution is -0.138. The second kappa shape index (κ2) is 24.5. The Kier molecular flexibility index (Phi) is 21.3. The van der Waals surface area contributed by atoms with Crippen molar-refractivity contribution in [2.24, 2.45) is 0 Å². The fourth-order valence-electron chi connectivity index (χ4n) is 4.51. The van der Waals surface area contributed by atoms with Crippen molar-refractivity contribution in [1.82, 2.24) is 20.1 Å². The number of aromatic nitrogens is 1. The zero-order valence-corrected chi connectivity index (χ0v) is 29.2. The molecule has 1 aromatic heterocycles. The van der Waals surface area contributed by atoms with Crippen molar-refractivity contribution in [3.8, 4) is 5.75 Å². The summed E-state index contributed by atoms with van der Waals surface area (Å²) in [6, 6.07) is 3.32. The molecular formula is C32H54N4O11S. The van der Waals surface area contributed by atoms with Crippen LogP contribution in [0.3, 0.4) is 0 Å². The van der Waals surface area contributed by atoms with E-state index in [4.69, 9.17) is 28.8 Å². The Morgan fingerprint density at radius 2 is 1.40 bits per heavy atom. The predicted octanol–water partition coefficient (Wildman–Crippen LogP) is 0.539. The number of carbonyl (C=O) groups is 3. The van der Waals surface area contributed by atoms with Gasteiger partial charge in [0.1, 0.15) is 12.4 Å². The summed E-state index contributed by atoms with van der Waals surface area (Å²) < 4.78 is 26.9. The second-order valence-electron chi connectivity index (χ2n) is 11.7. The molecule has 0 bridgehead atoms. The molecule has 0 unspecified atom stereocenters. The number of nitrogens with zero attached hydrogens (tertiary/aromatic N) is 3. The van der Waals surface area contributed by atoms with Gasteiger partial charge in [-0.05, 0) is 6.42 Å². The molecule has 2 rings (SSSR count). The number of amides is 2.